The number of benzene rings is 1. The summed E-state index contributed by atoms with van der Waals surface area (Å²) in [4.78, 5) is 0.348. The number of unbranched alkanes of at least 4 members (excludes halogenated alkanes) is 3. The maximum absolute atomic E-state index is 12.4. The Morgan fingerprint density at radius 1 is 1.05 bits per heavy atom. The van der Waals surface area contributed by atoms with Gasteiger partial charge in [0, 0.05) is 4.83 Å². The van der Waals surface area contributed by atoms with Gasteiger partial charge in [-0.3, -0.25) is 0 Å². The Labute approximate surface area is 121 Å². The summed E-state index contributed by atoms with van der Waals surface area (Å²) in [6.07, 6.45) is 2.47. The first-order chi connectivity index (χ1) is 8.93. The van der Waals surface area contributed by atoms with Crippen LogP contribution in [0.25, 0.3) is 0 Å². The van der Waals surface area contributed by atoms with Crippen molar-refractivity contribution in [1.29, 1.82) is 0 Å². The largest absolute Gasteiger partial charge is 0.416 e. The van der Waals surface area contributed by atoms with Crippen LogP contribution in [0, 0.1) is 0 Å². The molecule has 0 saturated heterocycles. The van der Waals surface area contributed by atoms with E-state index in [0.717, 1.165) is 30.5 Å². The molecule has 0 spiro atoms. The van der Waals surface area contributed by atoms with E-state index in [2.05, 4.69) is 22.9 Å². The van der Waals surface area contributed by atoms with Gasteiger partial charge in [-0.05, 0) is 30.5 Å². The van der Waals surface area contributed by atoms with Gasteiger partial charge in [-0.1, -0.05) is 60.7 Å². The smallest absolute Gasteiger partial charge is 0.166 e. The molecule has 0 amide bonds. The Kier molecular flexibility index (Phi) is 6.90. The molecule has 0 heterocycles. The highest BCUT2D eigenvalue weighted by Crippen LogP contribution is 2.29. The first kappa shape index (κ1) is 16.5. The van der Waals surface area contributed by atoms with Gasteiger partial charge < -0.3 is 0 Å². The fourth-order valence-electron chi connectivity index (χ4n) is 1.98. The summed E-state index contributed by atoms with van der Waals surface area (Å²) in [5, 5.41) is 0. The minimum atomic E-state index is -4.24. The lowest BCUT2D eigenvalue weighted by atomic mass is 10.0. The van der Waals surface area contributed by atoms with Crippen LogP contribution in [0.5, 0.6) is 0 Å². The molecule has 0 aliphatic heterocycles. The molecule has 4 heteroatoms. The average molecular weight is 337 g/mol. The molecule has 0 fully saturated rings. The zero-order chi connectivity index (χ0) is 14.3. The number of hydrogen-bond donors (Lipinski definition) is 0. The van der Waals surface area contributed by atoms with Crippen LogP contribution in [0.4, 0.5) is 13.2 Å². The lowest BCUT2D eigenvalue weighted by molar-refractivity contribution is -0.137. The summed E-state index contributed by atoms with van der Waals surface area (Å²) in [7, 11) is 0. The Morgan fingerprint density at radius 2 is 1.68 bits per heavy atom. The highest BCUT2D eigenvalue weighted by Gasteiger charge is 2.29. The average Bonchev–Trinajstić information content (AvgIpc) is 2.34. The fourth-order valence-corrected chi connectivity index (χ4v) is 2.68. The van der Waals surface area contributed by atoms with E-state index >= 15 is 0 Å². The number of alkyl halides is 4. The standard InChI is InChI=1S/C15H20BrF3/c1-2-3-4-5-6-14(16)11-12-7-9-13(10-8-12)15(17,18)19/h7-10,14H,2-6,11H2,1H3. The molecule has 1 aromatic carbocycles. The van der Waals surface area contributed by atoms with Crippen molar-refractivity contribution in [3.63, 3.8) is 0 Å². The van der Waals surface area contributed by atoms with Crippen LogP contribution in [-0.4, -0.2) is 4.83 Å². The van der Waals surface area contributed by atoms with E-state index in [0.29, 0.717) is 4.83 Å². The summed E-state index contributed by atoms with van der Waals surface area (Å²) in [5.41, 5.74) is 0.371. The van der Waals surface area contributed by atoms with E-state index in [4.69, 9.17) is 0 Å². The molecule has 0 aliphatic rings. The van der Waals surface area contributed by atoms with Gasteiger partial charge in [0.2, 0.25) is 0 Å². The summed E-state index contributed by atoms with van der Waals surface area (Å²) in [5.74, 6) is 0. The minimum absolute atomic E-state index is 0.348. The van der Waals surface area contributed by atoms with E-state index in [9.17, 15) is 13.2 Å². The van der Waals surface area contributed by atoms with Crippen molar-refractivity contribution in [2.75, 3.05) is 0 Å². The van der Waals surface area contributed by atoms with Gasteiger partial charge in [0.1, 0.15) is 0 Å². The maximum atomic E-state index is 12.4. The van der Waals surface area contributed by atoms with Crippen molar-refractivity contribution in [2.45, 2.75) is 56.5 Å². The predicted molar refractivity (Wildman–Crippen MR) is 76.6 cm³/mol. The Balaban J connectivity index is 2.40. The molecular weight excluding hydrogens is 317 g/mol. The molecular formula is C15H20BrF3. The van der Waals surface area contributed by atoms with Crippen molar-refractivity contribution in [1.82, 2.24) is 0 Å². The molecule has 1 unspecified atom stereocenters. The first-order valence-corrected chi connectivity index (χ1v) is 7.65. The maximum Gasteiger partial charge on any atom is 0.416 e. The van der Waals surface area contributed by atoms with Gasteiger partial charge in [0.15, 0.2) is 0 Å². The molecule has 0 aliphatic carbocycles. The third-order valence-electron chi connectivity index (χ3n) is 3.11. The monoisotopic (exact) mass is 336 g/mol. The van der Waals surface area contributed by atoms with E-state index in [-0.39, 0.29) is 0 Å². The van der Waals surface area contributed by atoms with E-state index in [1.54, 1.807) is 12.1 Å². The summed E-state index contributed by atoms with van der Waals surface area (Å²) < 4.78 is 37.2. The van der Waals surface area contributed by atoms with Gasteiger partial charge >= 0.3 is 6.18 Å². The van der Waals surface area contributed by atoms with Crippen LogP contribution in [0.15, 0.2) is 24.3 Å². The van der Waals surface area contributed by atoms with Gasteiger partial charge in [0.05, 0.1) is 5.56 Å². The highest BCUT2D eigenvalue weighted by molar-refractivity contribution is 9.09. The Bertz CT molecular complexity index is 357. The normalized spacial score (nSPS) is 13.5. The van der Waals surface area contributed by atoms with Crippen molar-refractivity contribution >= 4 is 15.9 Å². The van der Waals surface area contributed by atoms with Crippen molar-refractivity contribution in [3.8, 4) is 0 Å². The highest BCUT2D eigenvalue weighted by atomic mass is 79.9. The van der Waals surface area contributed by atoms with Crippen LogP contribution >= 0.6 is 15.9 Å². The zero-order valence-corrected chi connectivity index (χ0v) is 12.7. The first-order valence-electron chi connectivity index (χ1n) is 6.73. The second-order valence-electron chi connectivity index (χ2n) is 4.85. The van der Waals surface area contributed by atoms with Gasteiger partial charge in [-0.15, -0.1) is 0 Å². The topological polar surface area (TPSA) is 0 Å². The van der Waals surface area contributed by atoms with E-state index in [1.807, 2.05) is 0 Å². The van der Waals surface area contributed by atoms with Gasteiger partial charge in [-0.2, -0.15) is 13.2 Å². The molecule has 1 rings (SSSR count). The lowest BCUT2D eigenvalue weighted by Gasteiger charge is -2.11. The van der Waals surface area contributed by atoms with E-state index < -0.39 is 11.7 Å². The van der Waals surface area contributed by atoms with Crippen molar-refractivity contribution < 1.29 is 13.2 Å². The SMILES string of the molecule is CCCCCCC(Br)Cc1ccc(C(F)(F)F)cc1. The van der Waals surface area contributed by atoms with Crippen LogP contribution in [0.3, 0.4) is 0 Å². The zero-order valence-electron chi connectivity index (χ0n) is 11.1. The van der Waals surface area contributed by atoms with E-state index in [1.165, 1.54) is 25.7 Å². The van der Waals surface area contributed by atoms with Crippen LogP contribution in [0.1, 0.15) is 50.2 Å². The van der Waals surface area contributed by atoms with Crippen LogP contribution in [-0.2, 0) is 12.6 Å². The fraction of sp³-hybridized carbons (Fsp3) is 0.600. The summed E-state index contributed by atoms with van der Waals surface area (Å²) in [6, 6.07) is 5.46. The van der Waals surface area contributed by atoms with Gasteiger partial charge in [0.25, 0.3) is 0 Å². The molecule has 0 bridgehead atoms. The second kappa shape index (κ2) is 7.93. The number of rotatable bonds is 7. The molecule has 0 radical (unpaired) electrons. The molecule has 0 N–H and O–H groups in total. The molecule has 19 heavy (non-hydrogen) atoms. The molecule has 0 saturated carbocycles. The predicted octanol–water partition coefficient (Wildman–Crippen LogP) is 5.98. The second-order valence-corrected chi connectivity index (χ2v) is 6.14. The summed E-state index contributed by atoms with van der Waals surface area (Å²) >= 11 is 3.60. The molecule has 1 atom stereocenters. The van der Waals surface area contributed by atoms with Crippen molar-refractivity contribution in [2.24, 2.45) is 0 Å². The minimum Gasteiger partial charge on any atom is -0.166 e. The quantitative estimate of drug-likeness (QED) is 0.424. The molecule has 108 valence electrons. The third-order valence-corrected chi connectivity index (χ3v) is 3.89. The molecule has 0 nitrogen and oxygen atoms in total. The number of halogens is 4. The number of hydrogen-bond acceptors (Lipinski definition) is 0. The Hall–Kier alpha value is -0.510. The molecule has 1 aromatic rings. The summed E-state index contributed by atoms with van der Waals surface area (Å²) in [6.45, 7) is 2.17. The van der Waals surface area contributed by atoms with Crippen molar-refractivity contribution in [3.05, 3.63) is 35.4 Å². The van der Waals surface area contributed by atoms with Crippen LogP contribution < -0.4 is 0 Å². The third kappa shape index (κ3) is 6.46. The van der Waals surface area contributed by atoms with Crippen LogP contribution in [0.2, 0.25) is 0 Å². The lowest BCUT2D eigenvalue weighted by Crippen LogP contribution is -2.06. The Morgan fingerprint density at radius 3 is 2.21 bits per heavy atom. The van der Waals surface area contributed by atoms with Gasteiger partial charge in [-0.25, -0.2) is 0 Å². The molecule has 0 aromatic heterocycles.